The molecule has 1 atom stereocenters. The molecular formula is C14H16N2O3. The molecule has 1 heterocycles. The molecule has 0 aliphatic rings. The van der Waals surface area contributed by atoms with Gasteiger partial charge in [-0.2, -0.15) is 0 Å². The molecule has 0 amide bonds. The standard InChI is InChI=1S/C14H16N2O3/c1-10(7-8-15)13-5-6-14(19-13)11-3-2-4-12(9-11)16(17)18/h2-6,9-10H,7-8,15H2,1H3. The second-order valence-electron chi connectivity index (χ2n) is 4.49. The molecule has 0 saturated heterocycles. The lowest BCUT2D eigenvalue weighted by Gasteiger charge is -2.05. The summed E-state index contributed by atoms with van der Waals surface area (Å²) in [6.07, 6.45) is 0.849. The van der Waals surface area contributed by atoms with E-state index in [4.69, 9.17) is 10.2 Å². The summed E-state index contributed by atoms with van der Waals surface area (Å²) in [5.74, 6) is 1.74. The topological polar surface area (TPSA) is 82.3 Å². The summed E-state index contributed by atoms with van der Waals surface area (Å²) in [4.78, 5) is 10.3. The van der Waals surface area contributed by atoms with Crippen LogP contribution in [0.2, 0.25) is 0 Å². The van der Waals surface area contributed by atoms with E-state index in [9.17, 15) is 10.1 Å². The van der Waals surface area contributed by atoms with E-state index in [1.54, 1.807) is 12.1 Å². The summed E-state index contributed by atoms with van der Waals surface area (Å²) < 4.78 is 5.74. The molecule has 1 unspecified atom stereocenters. The van der Waals surface area contributed by atoms with E-state index in [2.05, 4.69) is 0 Å². The second kappa shape index (κ2) is 5.67. The third-order valence-electron chi connectivity index (χ3n) is 3.05. The first-order chi connectivity index (χ1) is 9.11. The Balaban J connectivity index is 2.27. The maximum Gasteiger partial charge on any atom is 0.270 e. The number of hydrogen-bond acceptors (Lipinski definition) is 4. The number of hydrogen-bond donors (Lipinski definition) is 1. The third kappa shape index (κ3) is 3.00. The highest BCUT2D eigenvalue weighted by Gasteiger charge is 2.13. The molecule has 2 rings (SSSR count). The van der Waals surface area contributed by atoms with Crippen molar-refractivity contribution in [1.82, 2.24) is 0 Å². The molecule has 0 aliphatic carbocycles. The number of nitro benzene ring substituents is 1. The van der Waals surface area contributed by atoms with Gasteiger partial charge in [-0.1, -0.05) is 19.1 Å². The fourth-order valence-corrected chi connectivity index (χ4v) is 1.94. The number of nitrogens with two attached hydrogens (primary N) is 1. The van der Waals surface area contributed by atoms with Gasteiger partial charge in [0.05, 0.1) is 4.92 Å². The van der Waals surface area contributed by atoms with E-state index < -0.39 is 4.92 Å². The molecule has 5 heteroatoms. The lowest BCUT2D eigenvalue weighted by Crippen LogP contribution is -2.03. The van der Waals surface area contributed by atoms with Crippen LogP contribution in [0, 0.1) is 10.1 Å². The zero-order chi connectivity index (χ0) is 13.8. The zero-order valence-corrected chi connectivity index (χ0v) is 10.7. The van der Waals surface area contributed by atoms with E-state index >= 15 is 0 Å². The molecule has 0 fully saturated rings. The zero-order valence-electron chi connectivity index (χ0n) is 10.7. The van der Waals surface area contributed by atoms with Crippen molar-refractivity contribution < 1.29 is 9.34 Å². The molecule has 1 aromatic heterocycles. The Hall–Kier alpha value is -2.14. The molecule has 1 aromatic carbocycles. The predicted octanol–water partition coefficient (Wildman–Crippen LogP) is 3.31. The Labute approximate surface area is 111 Å². The van der Waals surface area contributed by atoms with Gasteiger partial charge >= 0.3 is 0 Å². The minimum atomic E-state index is -0.412. The van der Waals surface area contributed by atoms with Crippen LogP contribution in [0.5, 0.6) is 0 Å². The van der Waals surface area contributed by atoms with Crippen molar-refractivity contribution in [2.75, 3.05) is 6.54 Å². The number of furan rings is 1. The van der Waals surface area contributed by atoms with Gasteiger partial charge in [0.2, 0.25) is 0 Å². The van der Waals surface area contributed by atoms with Crippen molar-refractivity contribution in [3.8, 4) is 11.3 Å². The van der Waals surface area contributed by atoms with Crippen molar-refractivity contribution in [3.63, 3.8) is 0 Å². The highest BCUT2D eigenvalue weighted by molar-refractivity contribution is 5.61. The fraction of sp³-hybridized carbons (Fsp3) is 0.286. The SMILES string of the molecule is CC(CCN)c1ccc(-c2cccc([N+](=O)[O-])c2)o1. The summed E-state index contributed by atoms with van der Waals surface area (Å²) in [7, 11) is 0. The fourth-order valence-electron chi connectivity index (χ4n) is 1.94. The van der Waals surface area contributed by atoms with Gasteiger partial charge in [-0.15, -0.1) is 0 Å². The molecule has 0 bridgehead atoms. The molecule has 0 saturated carbocycles. The van der Waals surface area contributed by atoms with Crippen LogP contribution in [0.15, 0.2) is 40.8 Å². The van der Waals surface area contributed by atoms with Gasteiger partial charge < -0.3 is 10.2 Å². The summed E-state index contributed by atoms with van der Waals surface area (Å²) in [6, 6.07) is 10.2. The van der Waals surface area contributed by atoms with Crippen LogP contribution in [0.25, 0.3) is 11.3 Å². The van der Waals surface area contributed by atoms with Crippen molar-refractivity contribution in [1.29, 1.82) is 0 Å². The molecular weight excluding hydrogens is 244 g/mol. The Bertz CT molecular complexity index is 578. The van der Waals surface area contributed by atoms with Crippen LogP contribution in [0.4, 0.5) is 5.69 Å². The minimum Gasteiger partial charge on any atom is -0.461 e. The number of non-ortho nitro benzene ring substituents is 1. The maximum absolute atomic E-state index is 10.7. The Kier molecular flexibility index (Phi) is 3.97. The number of nitro groups is 1. The van der Waals surface area contributed by atoms with E-state index in [1.807, 2.05) is 19.1 Å². The van der Waals surface area contributed by atoms with Crippen LogP contribution in [0.1, 0.15) is 25.0 Å². The Morgan fingerprint density at radius 1 is 1.37 bits per heavy atom. The molecule has 19 heavy (non-hydrogen) atoms. The molecule has 0 spiro atoms. The monoisotopic (exact) mass is 260 g/mol. The van der Waals surface area contributed by atoms with Crippen molar-refractivity contribution in [2.24, 2.45) is 5.73 Å². The molecule has 2 aromatic rings. The van der Waals surface area contributed by atoms with E-state index in [0.29, 0.717) is 17.9 Å². The number of rotatable bonds is 5. The highest BCUT2D eigenvalue weighted by atomic mass is 16.6. The first kappa shape index (κ1) is 13.3. The molecule has 5 nitrogen and oxygen atoms in total. The summed E-state index contributed by atoms with van der Waals surface area (Å²) in [6.45, 7) is 2.65. The Morgan fingerprint density at radius 2 is 2.16 bits per heavy atom. The van der Waals surface area contributed by atoms with Gasteiger partial charge in [-0.05, 0) is 25.1 Å². The van der Waals surface area contributed by atoms with Gasteiger partial charge in [0.15, 0.2) is 0 Å². The minimum absolute atomic E-state index is 0.0606. The van der Waals surface area contributed by atoms with Gasteiger partial charge in [0.1, 0.15) is 11.5 Å². The van der Waals surface area contributed by atoms with Gasteiger partial charge in [-0.3, -0.25) is 10.1 Å². The molecule has 0 radical (unpaired) electrons. The lowest BCUT2D eigenvalue weighted by molar-refractivity contribution is -0.384. The van der Waals surface area contributed by atoms with Gasteiger partial charge in [0, 0.05) is 23.6 Å². The summed E-state index contributed by atoms with van der Waals surface area (Å²) in [5, 5.41) is 10.7. The molecule has 100 valence electrons. The van der Waals surface area contributed by atoms with E-state index in [-0.39, 0.29) is 11.6 Å². The average Bonchev–Trinajstić information content (AvgIpc) is 2.89. The summed E-state index contributed by atoms with van der Waals surface area (Å²) >= 11 is 0. The van der Waals surface area contributed by atoms with E-state index in [1.165, 1.54) is 12.1 Å². The van der Waals surface area contributed by atoms with Crippen LogP contribution >= 0.6 is 0 Å². The first-order valence-electron chi connectivity index (χ1n) is 6.16. The Morgan fingerprint density at radius 3 is 2.84 bits per heavy atom. The van der Waals surface area contributed by atoms with Gasteiger partial charge in [0.25, 0.3) is 5.69 Å². The van der Waals surface area contributed by atoms with Crippen LogP contribution in [-0.2, 0) is 0 Å². The van der Waals surface area contributed by atoms with Crippen molar-refractivity contribution in [2.45, 2.75) is 19.3 Å². The van der Waals surface area contributed by atoms with Crippen molar-refractivity contribution in [3.05, 3.63) is 52.3 Å². The normalized spacial score (nSPS) is 12.3. The van der Waals surface area contributed by atoms with Crippen LogP contribution in [0.3, 0.4) is 0 Å². The van der Waals surface area contributed by atoms with E-state index in [0.717, 1.165) is 12.2 Å². The smallest absolute Gasteiger partial charge is 0.270 e. The molecule has 2 N–H and O–H groups in total. The summed E-state index contributed by atoms with van der Waals surface area (Å²) in [5.41, 5.74) is 6.29. The lowest BCUT2D eigenvalue weighted by atomic mass is 10.1. The molecule has 0 aliphatic heterocycles. The highest BCUT2D eigenvalue weighted by Crippen LogP contribution is 2.29. The quantitative estimate of drug-likeness (QED) is 0.660. The van der Waals surface area contributed by atoms with Gasteiger partial charge in [-0.25, -0.2) is 0 Å². The second-order valence-corrected chi connectivity index (χ2v) is 4.49. The third-order valence-corrected chi connectivity index (χ3v) is 3.05. The maximum atomic E-state index is 10.7. The number of nitrogens with zero attached hydrogens (tertiary/aromatic N) is 1. The number of benzene rings is 1. The van der Waals surface area contributed by atoms with Crippen LogP contribution in [-0.4, -0.2) is 11.5 Å². The van der Waals surface area contributed by atoms with Crippen molar-refractivity contribution >= 4 is 5.69 Å². The average molecular weight is 260 g/mol. The largest absolute Gasteiger partial charge is 0.461 e. The van der Waals surface area contributed by atoms with Crippen LogP contribution < -0.4 is 5.73 Å². The first-order valence-corrected chi connectivity index (χ1v) is 6.16. The predicted molar refractivity (Wildman–Crippen MR) is 72.9 cm³/mol.